The Balaban J connectivity index is 1.71. The summed E-state index contributed by atoms with van der Waals surface area (Å²) in [7, 11) is -3.48. The molecule has 1 aromatic carbocycles. The summed E-state index contributed by atoms with van der Waals surface area (Å²) in [6.45, 7) is 4.16. The highest BCUT2D eigenvalue weighted by atomic mass is 32.2. The lowest BCUT2D eigenvalue weighted by atomic mass is 10.2. The quantitative estimate of drug-likeness (QED) is 0.864. The fourth-order valence-corrected chi connectivity index (χ4v) is 4.07. The van der Waals surface area contributed by atoms with Crippen LogP contribution in [0.25, 0.3) is 0 Å². The van der Waals surface area contributed by atoms with Gasteiger partial charge in [0, 0.05) is 13.0 Å². The summed E-state index contributed by atoms with van der Waals surface area (Å²) in [4.78, 5) is 0. The van der Waals surface area contributed by atoms with Crippen molar-refractivity contribution in [3.05, 3.63) is 41.6 Å². The zero-order chi connectivity index (χ0) is 16.4. The van der Waals surface area contributed by atoms with E-state index in [0.29, 0.717) is 36.9 Å². The van der Waals surface area contributed by atoms with Crippen LogP contribution in [0.5, 0.6) is 0 Å². The van der Waals surface area contributed by atoms with E-state index in [1.165, 1.54) is 0 Å². The highest BCUT2D eigenvalue weighted by Crippen LogP contribution is 2.28. The normalized spacial score (nSPS) is 21.5. The van der Waals surface area contributed by atoms with Crippen molar-refractivity contribution < 1.29 is 12.8 Å². The summed E-state index contributed by atoms with van der Waals surface area (Å²) in [6, 6.07) is 7.10. The summed E-state index contributed by atoms with van der Waals surface area (Å²) in [5.41, 5.74) is 1.50. The molecule has 1 aliphatic rings. The van der Waals surface area contributed by atoms with Gasteiger partial charge in [-0.05, 0) is 25.0 Å². The molecule has 2 N–H and O–H groups in total. The molecule has 2 heterocycles. The van der Waals surface area contributed by atoms with Gasteiger partial charge in [0.15, 0.2) is 0 Å². The molecule has 2 atom stereocenters. The van der Waals surface area contributed by atoms with Crippen LogP contribution in [0.15, 0.2) is 28.7 Å². The third-order valence-corrected chi connectivity index (χ3v) is 5.75. The van der Waals surface area contributed by atoms with Gasteiger partial charge in [0.2, 0.25) is 21.8 Å². The van der Waals surface area contributed by atoms with Gasteiger partial charge in [0.25, 0.3) is 0 Å². The minimum atomic E-state index is -3.48. The summed E-state index contributed by atoms with van der Waals surface area (Å²) in [6.07, 6.45) is 1.07. The Hall–Kier alpha value is -1.93. The molecule has 1 aromatic heterocycles. The van der Waals surface area contributed by atoms with E-state index >= 15 is 0 Å². The monoisotopic (exact) mass is 336 g/mol. The number of rotatable bonds is 5. The third-order valence-electron chi connectivity index (χ3n) is 4.01. The van der Waals surface area contributed by atoms with Crippen molar-refractivity contribution in [2.45, 2.75) is 38.0 Å². The van der Waals surface area contributed by atoms with Crippen molar-refractivity contribution in [2.75, 3.05) is 11.3 Å². The first kappa shape index (κ1) is 15.9. The molecule has 0 saturated carbocycles. The maximum Gasteiger partial charge on any atom is 0.236 e. The predicted molar refractivity (Wildman–Crippen MR) is 86.5 cm³/mol. The summed E-state index contributed by atoms with van der Waals surface area (Å²) >= 11 is 0. The lowest BCUT2D eigenvalue weighted by Gasteiger charge is -2.14. The number of hydrogen-bond donors (Lipinski definition) is 2. The number of sulfonamides is 1. The van der Waals surface area contributed by atoms with Crippen molar-refractivity contribution in [2.24, 2.45) is 0 Å². The molecule has 0 radical (unpaired) electrons. The lowest BCUT2D eigenvalue weighted by molar-refractivity contribution is 0.405. The van der Waals surface area contributed by atoms with Crippen molar-refractivity contribution in [3.8, 4) is 0 Å². The van der Waals surface area contributed by atoms with Crippen molar-refractivity contribution in [3.63, 3.8) is 0 Å². The van der Waals surface area contributed by atoms with Gasteiger partial charge in [-0.3, -0.25) is 4.72 Å². The zero-order valence-electron chi connectivity index (χ0n) is 13.1. The summed E-state index contributed by atoms with van der Waals surface area (Å²) in [5, 5.41) is 10.5. The van der Waals surface area contributed by atoms with Crippen LogP contribution in [-0.2, 0) is 16.4 Å². The fourth-order valence-electron chi connectivity index (χ4n) is 2.60. The highest BCUT2D eigenvalue weighted by Gasteiger charge is 2.37. The van der Waals surface area contributed by atoms with Crippen LogP contribution in [0.3, 0.4) is 0 Å². The Morgan fingerprint density at radius 1 is 1.35 bits per heavy atom. The van der Waals surface area contributed by atoms with Crippen LogP contribution >= 0.6 is 0 Å². The van der Waals surface area contributed by atoms with Gasteiger partial charge in [0.05, 0.1) is 17.0 Å². The average Bonchev–Trinajstić information content (AvgIpc) is 3.18. The van der Waals surface area contributed by atoms with Crippen LogP contribution < -0.4 is 10.0 Å². The molecule has 0 bridgehead atoms. The number of hydrogen-bond acceptors (Lipinski definition) is 6. The second kappa shape index (κ2) is 6.29. The van der Waals surface area contributed by atoms with Gasteiger partial charge in [0.1, 0.15) is 0 Å². The maximum atomic E-state index is 12.6. The molecule has 124 valence electrons. The van der Waals surface area contributed by atoms with E-state index in [0.717, 1.165) is 5.56 Å². The smallest absolute Gasteiger partial charge is 0.236 e. The van der Waals surface area contributed by atoms with Crippen LogP contribution in [-0.4, -0.2) is 30.4 Å². The van der Waals surface area contributed by atoms with E-state index in [9.17, 15) is 8.42 Å². The molecule has 0 amide bonds. The molecule has 0 aliphatic carbocycles. The van der Waals surface area contributed by atoms with Crippen LogP contribution in [0.4, 0.5) is 5.69 Å². The molecule has 1 saturated heterocycles. The van der Waals surface area contributed by atoms with Crippen LogP contribution in [0, 0.1) is 6.92 Å². The SMILES string of the molecule is CCc1nnc(C2CC(S(=O)(=O)Nc3ccccc3C)CN2)o1. The standard InChI is InChI=1S/C15H20N4O3S/c1-3-14-17-18-15(22-14)13-8-11(9-16-13)23(20,21)19-12-7-5-4-6-10(12)2/h4-7,11,13,16,19H,3,8-9H2,1-2H3. The maximum absolute atomic E-state index is 12.6. The minimum absolute atomic E-state index is 0.221. The second-order valence-electron chi connectivity index (χ2n) is 5.67. The number of benzene rings is 1. The molecule has 1 fully saturated rings. The van der Waals surface area contributed by atoms with E-state index < -0.39 is 15.3 Å². The molecule has 2 aromatic rings. The third kappa shape index (κ3) is 3.37. The number of nitrogens with zero attached hydrogens (tertiary/aromatic N) is 2. The molecule has 1 aliphatic heterocycles. The van der Waals surface area contributed by atoms with E-state index in [1.807, 2.05) is 32.0 Å². The van der Waals surface area contributed by atoms with Gasteiger partial charge < -0.3 is 9.73 Å². The second-order valence-corrected chi connectivity index (χ2v) is 7.63. The molecule has 8 heteroatoms. The number of nitrogens with one attached hydrogen (secondary N) is 2. The van der Waals surface area contributed by atoms with Gasteiger partial charge >= 0.3 is 0 Å². The first-order valence-electron chi connectivity index (χ1n) is 7.62. The van der Waals surface area contributed by atoms with E-state index in [-0.39, 0.29) is 6.04 Å². The Morgan fingerprint density at radius 3 is 2.83 bits per heavy atom. The molecular formula is C15H20N4O3S. The van der Waals surface area contributed by atoms with Crippen LogP contribution in [0.2, 0.25) is 0 Å². The van der Waals surface area contributed by atoms with Gasteiger partial charge in [-0.1, -0.05) is 25.1 Å². The van der Waals surface area contributed by atoms with Crippen molar-refractivity contribution in [1.82, 2.24) is 15.5 Å². The lowest BCUT2D eigenvalue weighted by Crippen LogP contribution is -2.29. The van der Waals surface area contributed by atoms with E-state index in [2.05, 4.69) is 20.2 Å². The predicted octanol–water partition coefficient (Wildman–Crippen LogP) is 1.79. The summed E-state index contributed by atoms with van der Waals surface area (Å²) in [5.74, 6) is 1.02. The van der Waals surface area contributed by atoms with Gasteiger partial charge in [-0.25, -0.2) is 8.42 Å². The van der Waals surface area contributed by atoms with E-state index in [1.54, 1.807) is 6.07 Å². The fraction of sp³-hybridized carbons (Fsp3) is 0.467. The number of aromatic nitrogens is 2. The Kier molecular flexibility index (Phi) is 4.36. The van der Waals surface area contributed by atoms with Gasteiger partial charge in [-0.15, -0.1) is 10.2 Å². The molecule has 2 unspecified atom stereocenters. The van der Waals surface area contributed by atoms with Crippen molar-refractivity contribution >= 4 is 15.7 Å². The van der Waals surface area contributed by atoms with Crippen LogP contribution in [0.1, 0.15) is 36.7 Å². The average molecular weight is 336 g/mol. The Bertz CT molecular complexity index is 788. The molecule has 3 rings (SSSR count). The Morgan fingerprint density at radius 2 is 2.13 bits per heavy atom. The minimum Gasteiger partial charge on any atom is -0.424 e. The van der Waals surface area contributed by atoms with Crippen molar-refractivity contribution in [1.29, 1.82) is 0 Å². The molecule has 7 nitrogen and oxygen atoms in total. The first-order valence-corrected chi connectivity index (χ1v) is 9.17. The Labute approximate surface area is 135 Å². The van der Waals surface area contributed by atoms with E-state index in [4.69, 9.17) is 4.42 Å². The molecular weight excluding hydrogens is 316 g/mol. The first-order chi connectivity index (χ1) is 11.0. The molecule has 23 heavy (non-hydrogen) atoms. The topological polar surface area (TPSA) is 97.1 Å². The zero-order valence-corrected chi connectivity index (χ0v) is 13.9. The number of aryl methyl sites for hydroxylation is 2. The largest absolute Gasteiger partial charge is 0.424 e. The molecule has 0 spiro atoms. The number of anilines is 1. The van der Waals surface area contributed by atoms with Gasteiger partial charge in [-0.2, -0.15) is 0 Å². The summed E-state index contributed by atoms with van der Waals surface area (Å²) < 4.78 is 33.3. The highest BCUT2D eigenvalue weighted by molar-refractivity contribution is 7.93. The number of para-hydroxylation sites is 1.